The van der Waals surface area contributed by atoms with Gasteiger partial charge in [-0.1, -0.05) is 12.1 Å². The van der Waals surface area contributed by atoms with Gasteiger partial charge in [-0.3, -0.25) is 19.0 Å². The molecule has 5 rings (SSSR count). The molecule has 1 N–H and O–H groups in total. The van der Waals surface area contributed by atoms with Crippen molar-refractivity contribution in [1.29, 1.82) is 0 Å². The predicted molar refractivity (Wildman–Crippen MR) is 107 cm³/mol. The zero-order valence-electron chi connectivity index (χ0n) is 15.8. The Kier molecular flexibility index (Phi) is 4.02. The summed E-state index contributed by atoms with van der Waals surface area (Å²) in [5.41, 5.74) is 1.17. The number of ether oxygens (including phenoxy) is 2. The van der Waals surface area contributed by atoms with Crippen molar-refractivity contribution in [3.8, 4) is 11.5 Å². The summed E-state index contributed by atoms with van der Waals surface area (Å²) in [7, 11) is 0. The zero-order chi connectivity index (χ0) is 20.8. The van der Waals surface area contributed by atoms with Crippen molar-refractivity contribution in [2.24, 2.45) is 0 Å². The van der Waals surface area contributed by atoms with Gasteiger partial charge in [-0.15, -0.1) is 0 Å². The van der Waals surface area contributed by atoms with Crippen LogP contribution in [0.5, 0.6) is 11.5 Å². The van der Waals surface area contributed by atoms with Crippen LogP contribution in [0.1, 0.15) is 17.3 Å². The molecule has 1 amide bonds. The average molecular weight is 405 g/mol. The minimum atomic E-state index is -0.504. The average Bonchev–Trinajstić information content (AvgIpc) is 3.33. The molecule has 0 bridgehead atoms. The summed E-state index contributed by atoms with van der Waals surface area (Å²) in [6.45, 7) is 1.13. The normalized spacial score (nSPS) is 12.4. The fraction of sp³-hybridized carbons (Fsp3) is 0.143. The Balaban J connectivity index is 1.46. The van der Waals surface area contributed by atoms with Crippen LogP contribution in [0.2, 0.25) is 0 Å². The largest absolute Gasteiger partial charge is 0.454 e. The standard InChI is InChI=1S/C21H15N3O6/c1-11(25)13-6-16-17(29-10-28-16)7-14(13)23-18(26)8-24-9-22-19-12-4-2-3-5-15(12)30-20(19)21(24)27/h2-7,9H,8,10H2,1H3,(H,23,26). The molecule has 2 aromatic carbocycles. The van der Waals surface area contributed by atoms with E-state index in [2.05, 4.69) is 10.3 Å². The van der Waals surface area contributed by atoms with E-state index in [1.165, 1.54) is 25.4 Å². The molecular weight excluding hydrogens is 390 g/mol. The van der Waals surface area contributed by atoms with Gasteiger partial charge in [0.15, 0.2) is 17.3 Å². The number of aromatic nitrogens is 2. The molecular formula is C21H15N3O6. The quantitative estimate of drug-likeness (QED) is 0.520. The maximum atomic E-state index is 12.8. The maximum absolute atomic E-state index is 12.8. The van der Waals surface area contributed by atoms with Gasteiger partial charge >= 0.3 is 0 Å². The Labute approximate surface area is 168 Å². The molecule has 0 fully saturated rings. The monoisotopic (exact) mass is 405 g/mol. The van der Waals surface area contributed by atoms with Gasteiger partial charge in [0.1, 0.15) is 17.6 Å². The third-order valence-electron chi connectivity index (χ3n) is 4.83. The van der Waals surface area contributed by atoms with Crippen LogP contribution in [0.15, 0.2) is 51.9 Å². The van der Waals surface area contributed by atoms with E-state index in [4.69, 9.17) is 13.9 Å². The summed E-state index contributed by atoms with van der Waals surface area (Å²) < 4.78 is 17.4. The maximum Gasteiger partial charge on any atom is 0.297 e. The molecule has 0 radical (unpaired) electrons. The van der Waals surface area contributed by atoms with E-state index in [0.717, 1.165) is 9.95 Å². The molecule has 30 heavy (non-hydrogen) atoms. The lowest BCUT2D eigenvalue weighted by Crippen LogP contribution is -2.28. The third-order valence-corrected chi connectivity index (χ3v) is 4.83. The number of anilines is 1. The number of amides is 1. The van der Waals surface area contributed by atoms with Crippen LogP contribution in [0.25, 0.3) is 22.1 Å². The first kappa shape index (κ1) is 17.9. The molecule has 9 heteroatoms. The van der Waals surface area contributed by atoms with Crippen LogP contribution in [0.3, 0.4) is 0 Å². The van der Waals surface area contributed by atoms with Crippen LogP contribution in [0.4, 0.5) is 5.69 Å². The fourth-order valence-electron chi connectivity index (χ4n) is 3.41. The highest BCUT2D eigenvalue weighted by Gasteiger charge is 2.21. The lowest BCUT2D eigenvalue weighted by atomic mass is 10.1. The molecule has 2 aromatic heterocycles. The van der Waals surface area contributed by atoms with Crippen LogP contribution in [-0.4, -0.2) is 28.0 Å². The molecule has 0 saturated carbocycles. The van der Waals surface area contributed by atoms with Crippen LogP contribution >= 0.6 is 0 Å². The van der Waals surface area contributed by atoms with Gasteiger partial charge < -0.3 is 19.2 Å². The lowest BCUT2D eigenvalue weighted by Gasteiger charge is -2.11. The Morgan fingerprint density at radius 1 is 1.17 bits per heavy atom. The Morgan fingerprint density at radius 2 is 1.93 bits per heavy atom. The van der Waals surface area contributed by atoms with Gasteiger partial charge in [-0.25, -0.2) is 4.98 Å². The van der Waals surface area contributed by atoms with Gasteiger partial charge in [-0.2, -0.15) is 0 Å². The summed E-state index contributed by atoms with van der Waals surface area (Å²) in [5.74, 6) is 0.119. The molecule has 1 aliphatic rings. The molecule has 9 nitrogen and oxygen atoms in total. The number of nitrogens with one attached hydrogen (secondary N) is 1. The van der Waals surface area contributed by atoms with Gasteiger partial charge in [-0.05, 0) is 25.1 Å². The number of para-hydroxylation sites is 1. The Morgan fingerprint density at radius 3 is 2.73 bits per heavy atom. The number of ketones is 1. The zero-order valence-corrected chi connectivity index (χ0v) is 15.8. The molecule has 0 atom stereocenters. The van der Waals surface area contributed by atoms with Crippen molar-refractivity contribution >= 4 is 39.4 Å². The number of benzene rings is 2. The molecule has 0 unspecified atom stereocenters. The van der Waals surface area contributed by atoms with Crippen molar-refractivity contribution in [3.63, 3.8) is 0 Å². The van der Waals surface area contributed by atoms with Crippen molar-refractivity contribution < 1.29 is 23.5 Å². The first-order chi connectivity index (χ1) is 14.5. The van der Waals surface area contributed by atoms with Gasteiger partial charge in [0.25, 0.3) is 5.56 Å². The summed E-state index contributed by atoms with van der Waals surface area (Å²) in [6, 6.07) is 10.2. The first-order valence-corrected chi connectivity index (χ1v) is 9.12. The first-order valence-electron chi connectivity index (χ1n) is 9.12. The number of carbonyl (C=O) groups excluding carboxylic acids is 2. The highest BCUT2D eigenvalue weighted by atomic mass is 16.7. The second-order valence-electron chi connectivity index (χ2n) is 6.81. The molecule has 0 saturated heterocycles. The van der Waals surface area contributed by atoms with E-state index < -0.39 is 11.5 Å². The van der Waals surface area contributed by atoms with E-state index in [-0.39, 0.29) is 36.0 Å². The topological polar surface area (TPSA) is 113 Å². The fourth-order valence-corrected chi connectivity index (χ4v) is 3.41. The summed E-state index contributed by atoms with van der Waals surface area (Å²) in [6.07, 6.45) is 1.30. The number of hydrogen-bond donors (Lipinski definition) is 1. The minimum Gasteiger partial charge on any atom is -0.454 e. The second kappa shape index (κ2) is 6.73. The number of fused-ring (bicyclic) bond motifs is 4. The van der Waals surface area contributed by atoms with Gasteiger partial charge in [0, 0.05) is 17.0 Å². The Hall–Kier alpha value is -4.14. The number of rotatable bonds is 4. The molecule has 1 aliphatic heterocycles. The molecule has 0 aliphatic carbocycles. The number of nitrogens with zero attached hydrogens (tertiary/aromatic N) is 2. The van der Waals surface area contributed by atoms with Crippen molar-refractivity contribution in [1.82, 2.24) is 9.55 Å². The molecule has 4 aromatic rings. The van der Waals surface area contributed by atoms with E-state index in [1.54, 1.807) is 12.1 Å². The number of Topliss-reactive ketones (excluding diaryl/α,β-unsaturated/α-hetero) is 1. The van der Waals surface area contributed by atoms with Crippen LogP contribution < -0.4 is 20.3 Å². The van der Waals surface area contributed by atoms with E-state index in [1.807, 2.05) is 12.1 Å². The van der Waals surface area contributed by atoms with Crippen molar-refractivity contribution in [3.05, 3.63) is 58.6 Å². The summed E-state index contributed by atoms with van der Waals surface area (Å²) in [4.78, 5) is 41.6. The number of furan rings is 1. The summed E-state index contributed by atoms with van der Waals surface area (Å²) >= 11 is 0. The molecule has 3 heterocycles. The van der Waals surface area contributed by atoms with Crippen LogP contribution in [0, 0.1) is 0 Å². The van der Waals surface area contributed by atoms with Gasteiger partial charge in [0.05, 0.1) is 12.0 Å². The van der Waals surface area contributed by atoms with Crippen molar-refractivity contribution in [2.75, 3.05) is 12.1 Å². The second-order valence-corrected chi connectivity index (χ2v) is 6.81. The van der Waals surface area contributed by atoms with Crippen molar-refractivity contribution in [2.45, 2.75) is 13.5 Å². The number of carbonyl (C=O) groups is 2. The third kappa shape index (κ3) is 2.87. The number of hydrogen-bond acceptors (Lipinski definition) is 7. The Bertz CT molecular complexity index is 1400. The SMILES string of the molecule is CC(=O)c1cc2c(cc1NC(=O)Cn1cnc3c(oc4ccccc43)c1=O)OCO2. The van der Waals surface area contributed by atoms with Gasteiger partial charge in [0.2, 0.25) is 18.3 Å². The molecule has 150 valence electrons. The summed E-state index contributed by atoms with van der Waals surface area (Å²) in [5, 5.41) is 3.39. The highest BCUT2D eigenvalue weighted by Crippen LogP contribution is 2.37. The lowest BCUT2D eigenvalue weighted by molar-refractivity contribution is -0.116. The predicted octanol–water partition coefficient (Wildman–Crippen LogP) is 2.71. The van der Waals surface area contributed by atoms with E-state index >= 15 is 0 Å². The highest BCUT2D eigenvalue weighted by molar-refractivity contribution is 6.05. The van der Waals surface area contributed by atoms with Crippen LogP contribution in [-0.2, 0) is 11.3 Å². The molecule has 0 spiro atoms. The smallest absolute Gasteiger partial charge is 0.297 e. The minimum absolute atomic E-state index is 0.0443. The van der Waals surface area contributed by atoms with E-state index in [9.17, 15) is 14.4 Å². The van der Waals surface area contributed by atoms with E-state index in [0.29, 0.717) is 22.6 Å².